The van der Waals surface area contributed by atoms with E-state index in [-0.39, 0.29) is 0 Å². The van der Waals surface area contributed by atoms with Crippen molar-refractivity contribution in [1.82, 2.24) is 75.2 Å². The molecule has 0 amide bonds. The minimum atomic E-state index is 0.822. The summed E-state index contributed by atoms with van der Waals surface area (Å²) in [4.78, 5) is 43.7. The molecular formula is C103H173N15O2S2. The number of furan rings is 2. The molecule has 0 aliphatic heterocycles. The van der Waals surface area contributed by atoms with Gasteiger partial charge in [-0.05, 0) is 237 Å². The van der Waals surface area contributed by atoms with Crippen LogP contribution in [-0.4, -0.2) is 75.2 Å². The second-order valence-corrected chi connectivity index (χ2v) is 21.4. The molecular weight excluding hydrogens is 1540 g/mol. The summed E-state index contributed by atoms with van der Waals surface area (Å²) in [5.74, 6) is 1.79. The molecule has 0 aliphatic rings. The van der Waals surface area contributed by atoms with Crippen molar-refractivity contribution in [3.05, 3.63) is 364 Å². The van der Waals surface area contributed by atoms with Crippen molar-refractivity contribution in [2.45, 2.75) is 291 Å². The normalized spacial score (nSPS) is 7.43. The zero-order valence-corrected chi connectivity index (χ0v) is 86.1. The van der Waals surface area contributed by atoms with Crippen LogP contribution in [0.3, 0.4) is 0 Å². The van der Waals surface area contributed by atoms with E-state index in [4.69, 9.17) is 8.83 Å². The van der Waals surface area contributed by atoms with Crippen LogP contribution in [0.1, 0.15) is 272 Å². The zero-order valence-electron chi connectivity index (χ0n) is 84.5. The SMILES string of the molecule is CC.CC.CC.CC.CC.CC.CC.CC.CC.CC.CC.CC.CC.CC.Cc1ccccc1.Cc1ccccn1.Cc1cccnc1.Cc1cccnn1.Cc1ccco1.Cc1cccs1.Cc1ccncc1.Cc1ccncn1.Cc1ccnnc1.Cc1ccoc1.Cc1ccsc1.Cc1cnccn1.Cc1cncnc1.Cc1ncccn1. The maximum atomic E-state index is 4.83. The van der Waals surface area contributed by atoms with Crippen molar-refractivity contribution in [1.29, 1.82) is 0 Å². The third kappa shape index (κ3) is 135. The molecule has 1 aromatic carbocycles. The van der Waals surface area contributed by atoms with Gasteiger partial charge in [-0.3, -0.25) is 24.9 Å². The van der Waals surface area contributed by atoms with E-state index in [0.29, 0.717) is 0 Å². The summed E-state index contributed by atoms with van der Waals surface area (Å²) in [6.45, 7) is 83.8. The van der Waals surface area contributed by atoms with Crippen LogP contribution in [0.25, 0.3) is 0 Å². The summed E-state index contributed by atoms with van der Waals surface area (Å²) in [5.41, 5.74) is 12.6. The van der Waals surface area contributed by atoms with Gasteiger partial charge in [0, 0.05) is 109 Å². The predicted octanol–water partition coefficient (Wildman–Crippen LogP) is 32.5. The highest BCUT2D eigenvalue weighted by Gasteiger charge is 1.82. The molecule has 19 heteroatoms. The number of thiophene rings is 2. The van der Waals surface area contributed by atoms with Gasteiger partial charge in [0.05, 0.1) is 36.4 Å². The molecule has 13 heterocycles. The lowest BCUT2D eigenvalue weighted by molar-refractivity contribution is 0.534. The average molecular weight is 1720 g/mol. The summed E-state index contributed by atoms with van der Waals surface area (Å²) in [6, 6.07) is 45.3. The van der Waals surface area contributed by atoms with E-state index in [1.165, 1.54) is 45.3 Å². The number of hydrogen-bond acceptors (Lipinski definition) is 19. The monoisotopic (exact) mass is 1720 g/mol. The van der Waals surface area contributed by atoms with Crippen LogP contribution in [0.15, 0.2) is 295 Å². The van der Waals surface area contributed by atoms with Gasteiger partial charge in [0.15, 0.2) is 0 Å². The largest absolute Gasteiger partial charge is 0.472 e. The van der Waals surface area contributed by atoms with E-state index < -0.39 is 0 Å². The Labute approximate surface area is 757 Å². The van der Waals surface area contributed by atoms with Crippen molar-refractivity contribution in [2.75, 3.05) is 0 Å². The Morgan fingerprint density at radius 1 is 0.246 bits per heavy atom. The van der Waals surface area contributed by atoms with Crippen LogP contribution in [0.4, 0.5) is 0 Å². The number of rotatable bonds is 0. The Bertz CT molecular complexity index is 2970. The highest BCUT2D eigenvalue weighted by molar-refractivity contribution is 7.09. The van der Waals surface area contributed by atoms with Crippen LogP contribution in [-0.2, 0) is 0 Å². The topological polar surface area (TPSA) is 220 Å². The minimum Gasteiger partial charge on any atom is -0.472 e. The molecule has 0 N–H and O–H groups in total. The van der Waals surface area contributed by atoms with Crippen molar-refractivity contribution < 1.29 is 8.83 Å². The number of pyridine rings is 3. The first-order valence-electron chi connectivity index (χ1n) is 43.5. The molecule has 0 fully saturated rings. The molecule has 14 aromatic rings. The van der Waals surface area contributed by atoms with E-state index in [1.54, 1.807) is 140 Å². The van der Waals surface area contributed by atoms with Crippen molar-refractivity contribution in [3.8, 4) is 0 Å². The molecule has 0 atom stereocenters. The average Bonchev–Trinajstić information content (AvgIpc) is 1.94. The first-order chi connectivity index (χ1) is 59.5. The van der Waals surface area contributed by atoms with Gasteiger partial charge in [0.25, 0.3) is 0 Å². The Kier molecular flexibility index (Phi) is 163. The van der Waals surface area contributed by atoms with E-state index in [9.17, 15) is 0 Å². The van der Waals surface area contributed by atoms with Crippen LogP contribution in [0.5, 0.6) is 0 Å². The summed E-state index contributed by atoms with van der Waals surface area (Å²) in [7, 11) is 0. The fourth-order valence-electron chi connectivity index (χ4n) is 5.46. The maximum absolute atomic E-state index is 4.83. The molecule has 0 aliphatic carbocycles. The summed E-state index contributed by atoms with van der Waals surface area (Å²) in [5, 5.41) is 20.9. The molecule has 0 spiro atoms. The number of aryl methyl sites for hydroxylation is 14. The second kappa shape index (κ2) is 139. The molecule has 0 bridgehead atoms. The molecule has 0 saturated carbocycles. The van der Waals surface area contributed by atoms with E-state index in [0.717, 1.165) is 45.5 Å². The third-order valence-corrected chi connectivity index (χ3v) is 11.9. The lowest BCUT2D eigenvalue weighted by Crippen LogP contribution is -1.80. The Morgan fingerprint density at radius 2 is 0.730 bits per heavy atom. The maximum Gasteiger partial charge on any atom is 0.125 e. The Morgan fingerprint density at radius 3 is 0.926 bits per heavy atom. The van der Waals surface area contributed by atoms with Crippen LogP contribution in [0, 0.1) is 96.9 Å². The van der Waals surface area contributed by atoms with Crippen molar-refractivity contribution in [3.63, 3.8) is 0 Å². The van der Waals surface area contributed by atoms with Gasteiger partial charge in [-0.25, -0.2) is 29.9 Å². The van der Waals surface area contributed by atoms with Crippen LogP contribution < -0.4 is 0 Å². The molecule has 17 nitrogen and oxygen atoms in total. The van der Waals surface area contributed by atoms with E-state index in [2.05, 4.69) is 142 Å². The molecule has 0 unspecified atom stereocenters. The number of benzene rings is 1. The number of aromatic nitrogens is 15. The van der Waals surface area contributed by atoms with Crippen LogP contribution >= 0.6 is 22.7 Å². The number of nitrogens with zero attached hydrogens (tertiary/aromatic N) is 15. The lowest BCUT2D eigenvalue weighted by Gasteiger charge is -1.82. The number of hydrogen-bond donors (Lipinski definition) is 0. The third-order valence-electron chi connectivity index (χ3n) is 10.3. The van der Waals surface area contributed by atoms with Crippen LogP contribution in [0.2, 0.25) is 0 Å². The minimum absolute atomic E-state index is 0.822. The summed E-state index contributed by atoms with van der Waals surface area (Å²) >= 11 is 3.52. The van der Waals surface area contributed by atoms with Gasteiger partial charge in [0.1, 0.15) is 24.2 Å². The second-order valence-electron chi connectivity index (χ2n) is 19.4. The molecule has 0 saturated heterocycles. The van der Waals surface area contributed by atoms with Gasteiger partial charge in [0.2, 0.25) is 0 Å². The molecule has 13 aromatic heterocycles. The van der Waals surface area contributed by atoms with Gasteiger partial charge < -0.3 is 8.83 Å². The van der Waals surface area contributed by atoms with Gasteiger partial charge in [-0.2, -0.15) is 31.7 Å². The Hall–Kier alpha value is -10.9. The molecule has 684 valence electrons. The molecule has 14 rings (SSSR count). The Balaban J connectivity index is -0.0000000839. The predicted molar refractivity (Wildman–Crippen MR) is 543 cm³/mol. The lowest BCUT2D eigenvalue weighted by atomic mass is 10.2. The van der Waals surface area contributed by atoms with Crippen molar-refractivity contribution in [2.24, 2.45) is 0 Å². The van der Waals surface area contributed by atoms with Gasteiger partial charge >= 0.3 is 0 Å². The molecule has 122 heavy (non-hydrogen) atoms. The first kappa shape index (κ1) is 143. The van der Waals surface area contributed by atoms with Crippen molar-refractivity contribution >= 4 is 22.7 Å². The zero-order chi connectivity index (χ0) is 96.8. The van der Waals surface area contributed by atoms with Gasteiger partial charge in [-0.15, -0.1) is 11.3 Å². The fraction of sp³-hybridized carbons (Fsp3) is 0.408. The van der Waals surface area contributed by atoms with E-state index >= 15 is 0 Å². The fourth-order valence-corrected chi connectivity index (χ4v) is 6.65. The smallest absolute Gasteiger partial charge is 0.125 e. The quantitative estimate of drug-likeness (QED) is 0.138. The highest BCUT2D eigenvalue weighted by atomic mass is 32.1. The molecule has 0 radical (unpaired) electrons. The first-order valence-corrected chi connectivity index (χ1v) is 45.3. The van der Waals surface area contributed by atoms with Gasteiger partial charge in [-0.1, -0.05) is 248 Å². The summed E-state index contributed by atoms with van der Waals surface area (Å²) < 4.78 is 9.55. The highest BCUT2D eigenvalue weighted by Crippen LogP contribution is 2.04. The summed E-state index contributed by atoms with van der Waals surface area (Å²) in [6.07, 6.45) is 35.9. The van der Waals surface area contributed by atoms with E-state index in [1.807, 2.05) is 379 Å². The standard InChI is InChI=1S/C7H8.3C6H7N.6C5H6N2.2C5H6O.2C5H6S.14C2H6/c1-7-5-3-2-4-6-7;1-6-2-4-7-5-3-6;1-6-3-2-4-7-5-6;1-6-4-2-3-5-7-6;1-5-2-6-4-7-3-5;1-5-4-6-2-3-7-5;1-5-2-3-6-4-7-5;1-5-2-3-6-7-4-5;1-5-6-3-2-4-7-5;1-5-3-2-4-6-7-5;1-5-2-3-6-4-5;1-5-3-2-4-6-5;1-5-2-3-6-4-5;1-5-3-2-4-6-5;14*1-2/h2-6H,1H3;3*2-5H,1H3;6*2-4H,1H3;4*2-4H,1H3;14*1-2H3.